The maximum atomic E-state index is 13.0. The minimum atomic E-state index is -0.525. The standard InChI is InChI=1S/C19H27FN2O3/c1-19(2,3)25-18(24)21(4)12-14-6-5-11-22(13-14)17(23)15-7-9-16(20)10-8-15/h7-10,14H,5-6,11-13H2,1-4H3/t14-/m1/s1. The van der Waals surface area contributed by atoms with E-state index in [0.717, 1.165) is 12.8 Å². The van der Waals surface area contributed by atoms with Crippen molar-refractivity contribution in [2.24, 2.45) is 5.92 Å². The number of halogens is 1. The fourth-order valence-corrected chi connectivity index (χ4v) is 2.98. The van der Waals surface area contributed by atoms with Crippen molar-refractivity contribution in [1.82, 2.24) is 9.80 Å². The molecule has 6 heteroatoms. The van der Waals surface area contributed by atoms with E-state index < -0.39 is 5.60 Å². The molecule has 138 valence electrons. The fourth-order valence-electron chi connectivity index (χ4n) is 2.98. The molecule has 2 rings (SSSR count). The molecule has 0 saturated carbocycles. The number of benzene rings is 1. The topological polar surface area (TPSA) is 49.9 Å². The number of rotatable bonds is 3. The molecule has 0 unspecified atom stereocenters. The number of hydrogen-bond donors (Lipinski definition) is 0. The third kappa shape index (κ3) is 5.73. The van der Waals surface area contributed by atoms with Crippen molar-refractivity contribution < 1.29 is 18.7 Å². The molecule has 1 fully saturated rings. The molecule has 0 bridgehead atoms. The van der Waals surface area contributed by atoms with E-state index in [0.29, 0.717) is 25.2 Å². The van der Waals surface area contributed by atoms with E-state index in [2.05, 4.69) is 0 Å². The van der Waals surface area contributed by atoms with Crippen LogP contribution in [0.5, 0.6) is 0 Å². The van der Waals surface area contributed by atoms with Crippen LogP contribution < -0.4 is 0 Å². The van der Waals surface area contributed by atoms with Crippen LogP contribution in [0, 0.1) is 11.7 Å². The Morgan fingerprint density at radius 3 is 2.52 bits per heavy atom. The molecular formula is C19H27FN2O3. The van der Waals surface area contributed by atoms with Gasteiger partial charge in [0.05, 0.1) is 0 Å². The fraction of sp³-hybridized carbons (Fsp3) is 0.579. The normalized spacial score (nSPS) is 18.0. The summed E-state index contributed by atoms with van der Waals surface area (Å²) in [6, 6.07) is 5.61. The summed E-state index contributed by atoms with van der Waals surface area (Å²) < 4.78 is 18.4. The molecule has 0 spiro atoms. The Kier molecular flexibility index (Phi) is 6.03. The highest BCUT2D eigenvalue weighted by molar-refractivity contribution is 5.94. The zero-order chi connectivity index (χ0) is 18.6. The van der Waals surface area contributed by atoms with Crippen LogP contribution in [-0.2, 0) is 4.74 Å². The Bertz CT molecular complexity index is 610. The van der Waals surface area contributed by atoms with E-state index in [1.165, 1.54) is 24.3 Å². The van der Waals surface area contributed by atoms with Gasteiger partial charge >= 0.3 is 6.09 Å². The molecular weight excluding hydrogens is 323 g/mol. The first-order valence-electron chi connectivity index (χ1n) is 8.64. The number of likely N-dealkylation sites (tertiary alicyclic amines) is 1. The van der Waals surface area contributed by atoms with Gasteiger partial charge in [-0.05, 0) is 63.8 Å². The average molecular weight is 350 g/mol. The molecule has 0 N–H and O–H groups in total. The summed E-state index contributed by atoms with van der Waals surface area (Å²) in [4.78, 5) is 28.0. The van der Waals surface area contributed by atoms with Crippen molar-refractivity contribution >= 4 is 12.0 Å². The summed E-state index contributed by atoms with van der Waals surface area (Å²) >= 11 is 0. The van der Waals surface area contributed by atoms with Crippen molar-refractivity contribution in [3.63, 3.8) is 0 Å². The average Bonchev–Trinajstić information content (AvgIpc) is 2.53. The van der Waals surface area contributed by atoms with Crippen LogP contribution in [0.15, 0.2) is 24.3 Å². The van der Waals surface area contributed by atoms with Crippen LogP contribution in [-0.4, -0.2) is 54.1 Å². The predicted molar refractivity (Wildman–Crippen MR) is 93.9 cm³/mol. The highest BCUT2D eigenvalue weighted by Gasteiger charge is 2.27. The number of ether oxygens (including phenoxy) is 1. The molecule has 2 amide bonds. The minimum Gasteiger partial charge on any atom is -0.444 e. The van der Waals surface area contributed by atoms with E-state index in [9.17, 15) is 14.0 Å². The van der Waals surface area contributed by atoms with Gasteiger partial charge in [0.2, 0.25) is 0 Å². The van der Waals surface area contributed by atoms with Gasteiger partial charge in [-0.2, -0.15) is 0 Å². The third-order valence-electron chi connectivity index (χ3n) is 4.13. The van der Waals surface area contributed by atoms with Gasteiger partial charge in [0.1, 0.15) is 11.4 Å². The Morgan fingerprint density at radius 2 is 1.92 bits per heavy atom. The van der Waals surface area contributed by atoms with Crippen molar-refractivity contribution in [3.8, 4) is 0 Å². The van der Waals surface area contributed by atoms with Crippen LogP contribution in [0.1, 0.15) is 44.0 Å². The van der Waals surface area contributed by atoms with Gasteiger partial charge in [-0.3, -0.25) is 4.79 Å². The van der Waals surface area contributed by atoms with Crippen molar-refractivity contribution in [1.29, 1.82) is 0 Å². The summed E-state index contributed by atoms with van der Waals surface area (Å²) in [6.07, 6.45) is 1.49. The molecule has 1 aromatic rings. The Hall–Kier alpha value is -2.11. The van der Waals surface area contributed by atoms with Crippen molar-refractivity contribution in [2.45, 2.75) is 39.2 Å². The van der Waals surface area contributed by atoms with Crippen LogP contribution in [0.25, 0.3) is 0 Å². The van der Waals surface area contributed by atoms with Crippen LogP contribution >= 0.6 is 0 Å². The lowest BCUT2D eigenvalue weighted by molar-refractivity contribution is 0.0244. The van der Waals surface area contributed by atoms with E-state index >= 15 is 0 Å². The summed E-state index contributed by atoms with van der Waals surface area (Å²) in [5, 5.41) is 0. The molecule has 1 aliphatic rings. The van der Waals surface area contributed by atoms with Gasteiger partial charge in [0, 0.05) is 32.2 Å². The van der Waals surface area contributed by atoms with E-state index in [1.54, 1.807) is 16.8 Å². The van der Waals surface area contributed by atoms with Gasteiger partial charge in [-0.1, -0.05) is 0 Å². The summed E-state index contributed by atoms with van der Waals surface area (Å²) in [5.74, 6) is -0.243. The Labute approximate surface area is 148 Å². The number of nitrogens with zero attached hydrogens (tertiary/aromatic N) is 2. The van der Waals surface area contributed by atoms with Gasteiger partial charge in [0.15, 0.2) is 0 Å². The first-order valence-corrected chi connectivity index (χ1v) is 8.64. The van der Waals surface area contributed by atoms with Crippen LogP contribution in [0.2, 0.25) is 0 Å². The molecule has 0 aliphatic carbocycles. The first kappa shape index (κ1) is 19.2. The lowest BCUT2D eigenvalue weighted by Gasteiger charge is -2.35. The maximum Gasteiger partial charge on any atom is 0.410 e. The smallest absolute Gasteiger partial charge is 0.410 e. The monoisotopic (exact) mass is 350 g/mol. The van der Waals surface area contributed by atoms with Gasteiger partial charge in [-0.25, -0.2) is 9.18 Å². The maximum absolute atomic E-state index is 13.0. The SMILES string of the molecule is CN(C[C@H]1CCCN(C(=O)c2ccc(F)cc2)C1)C(=O)OC(C)(C)C. The molecule has 1 heterocycles. The molecule has 1 atom stereocenters. The van der Waals surface area contributed by atoms with Crippen molar-refractivity contribution in [3.05, 3.63) is 35.6 Å². The summed E-state index contributed by atoms with van der Waals surface area (Å²) in [7, 11) is 1.72. The first-order chi connectivity index (χ1) is 11.7. The van der Waals surface area contributed by atoms with Crippen LogP contribution in [0.4, 0.5) is 9.18 Å². The third-order valence-corrected chi connectivity index (χ3v) is 4.13. The zero-order valence-corrected chi connectivity index (χ0v) is 15.4. The highest BCUT2D eigenvalue weighted by Crippen LogP contribution is 2.20. The predicted octanol–water partition coefficient (Wildman–Crippen LogP) is 3.54. The largest absolute Gasteiger partial charge is 0.444 e. The number of piperidine rings is 1. The second-order valence-electron chi connectivity index (χ2n) is 7.63. The number of carbonyl (C=O) groups excluding carboxylic acids is 2. The lowest BCUT2D eigenvalue weighted by atomic mass is 9.97. The Balaban J connectivity index is 1.93. The quantitative estimate of drug-likeness (QED) is 0.838. The van der Waals surface area contributed by atoms with Crippen LogP contribution in [0.3, 0.4) is 0 Å². The second-order valence-corrected chi connectivity index (χ2v) is 7.63. The Morgan fingerprint density at radius 1 is 1.28 bits per heavy atom. The summed E-state index contributed by atoms with van der Waals surface area (Å²) in [6.45, 7) is 7.32. The van der Waals surface area contributed by atoms with Gasteiger partial charge < -0.3 is 14.5 Å². The molecule has 1 aliphatic heterocycles. The molecule has 1 aromatic carbocycles. The molecule has 0 radical (unpaired) electrons. The highest BCUT2D eigenvalue weighted by atomic mass is 19.1. The number of carbonyl (C=O) groups is 2. The number of amides is 2. The lowest BCUT2D eigenvalue weighted by Crippen LogP contribution is -2.45. The minimum absolute atomic E-state index is 0.0929. The molecule has 1 saturated heterocycles. The van der Waals surface area contributed by atoms with E-state index in [4.69, 9.17) is 4.74 Å². The van der Waals surface area contributed by atoms with Gasteiger partial charge in [-0.15, -0.1) is 0 Å². The number of hydrogen-bond acceptors (Lipinski definition) is 3. The van der Waals surface area contributed by atoms with E-state index in [1.807, 2.05) is 20.8 Å². The molecule has 25 heavy (non-hydrogen) atoms. The zero-order valence-electron chi connectivity index (χ0n) is 15.4. The summed E-state index contributed by atoms with van der Waals surface area (Å²) in [5.41, 5.74) is -0.0368. The second kappa shape index (κ2) is 7.85. The molecule has 5 nitrogen and oxygen atoms in total. The van der Waals surface area contributed by atoms with Crippen molar-refractivity contribution in [2.75, 3.05) is 26.7 Å². The van der Waals surface area contributed by atoms with E-state index in [-0.39, 0.29) is 23.7 Å². The molecule has 0 aromatic heterocycles. The van der Waals surface area contributed by atoms with Gasteiger partial charge in [0.25, 0.3) is 5.91 Å².